The van der Waals surface area contributed by atoms with Gasteiger partial charge >= 0.3 is 11.8 Å². The van der Waals surface area contributed by atoms with Crippen LogP contribution in [0.3, 0.4) is 0 Å². The summed E-state index contributed by atoms with van der Waals surface area (Å²) < 4.78 is 0. The van der Waals surface area contributed by atoms with Gasteiger partial charge in [0.25, 0.3) is 0 Å². The predicted molar refractivity (Wildman–Crippen MR) is 48.1 cm³/mol. The van der Waals surface area contributed by atoms with Crippen molar-refractivity contribution >= 4 is 11.8 Å². The van der Waals surface area contributed by atoms with Crippen LogP contribution in [0.25, 0.3) is 0 Å². The summed E-state index contributed by atoms with van der Waals surface area (Å²) in [5.74, 6) is -0.839. The second-order valence-electron chi connectivity index (χ2n) is 3.24. The Kier molecular flexibility index (Phi) is 3.25. The van der Waals surface area contributed by atoms with Gasteiger partial charge in [-0.15, -0.1) is 0 Å². The van der Waals surface area contributed by atoms with E-state index >= 15 is 0 Å². The van der Waals surface area contributed by atoms with Gasteiger partial charge in [-0.25, -0.2) is 0 Å². The lowest BCUT2D eigenvalue weighted by Gasteiger charge is -2.27. The first-order valence-electron chi connectivity index (χ1n) is 4.34. The Bertz CT molecular complexity index is 209. The molecule has 1 aliphatic rings. The number of rotatable bonds is 0. The summed E-state index contributed by atoms with van der Waals surface area (Å²) in [5, 5.41) is 3.12. The fourth-order valence-corrected chi connectivity index (χ4v) is 1.19. The van der Waals surface area contributed by atoms with Crippen molar-refractivity contribution in [1.29, 1.82) is 0 Å². The Hall–Kier alpha value is -1.10. The Balaban J connectivity index is 2.50. The first kappa shape index (κ1) is 9.98. The number of likely N-dealkylation sites (N-methyl/N-ethyl adjacent to an activating group) is 1. The average Bonchev–Trinajstić information content (AvgIpc) is 2.17. The molecule has 0 saturated carbocycles. The lowest BCUT2D eigenvalue weighted by atomic mass is 10.3. The predicted octanol–water partition coefficient (Wildman–Crippen LogP) is -1.49. The summed E-state index contributed by atoms with van der Waals surface area (Å²) in [5.41, 5.74) is 0. The van der Waals surface area contributed by atoms with E-state index in [1.165, 1.54) is 4.90 Å². The molecule has 1 heterocycles. The summed E-state index contributed by atoms with van der Waals surface area (Å²) in [7, 11) is 3.17. The van der Waals surface area contributed by atoms with Crippen molar-refractivity contribution in [2.24, 2.45) is 0 Å². The van der Waals surface area contributed by atoms with Crippen LogP contribution in [0, 0.1) is 0 Å². The van der Waals surface area contributed by atoms with Crippen molar-refractivity contribution in [1.82, 2.24) is 15.1 Å². The molecule has 13 heavy (non-hydrogen) atoms. The van der Waals surface area contributed by atoms with Gasteiger partial charge in [-0.05, 0) is 0 Å². The van der Waals surface area contributed by atoms with E-state index in [1.807, 2.05) is 0 Å². The quantitative estimate of drug-likeness (QED) is 0.468. The zero-order valence-corrected chi connectivity index (χ0v) is 8.04. The highest BCUT2D eigenvalue weighted by molar-refractivity contribution is 6.34. The number of piperazine rings is 1. The SMILES string of the molecule is CN(C)C(=O)C(=O)N1CCNCC1. The third kappa shape index (κ3) is 2.42. The van der Waals surface area contributed by atoms with Gasteiger partial charge in [-0.3, -0.25) is 9.59 Å². The van der Waals surface area contributed by atoms with Gasteiger partial charge in [0.1, 0.15) is 0 Å². The van der Waals surface area contributed by atoms with Crippen LogP contribution < -0.4 is 5.32 Å². The molecule has 5 nitrogen and oxygen atoms in total. The highest BCUT2D eigenvalue weighted by Crippen LogP contribution is 1.95. The van der Waals surface area contributed by atoms with Crippen molar-refractivity contribution in [2.45, 2.75) is 0 Å². The first-order chi connectivity index (χ1) is 6.13. The van der Waals surface area contributed by atoms with Gasteiger partial charge in [0.2, 0.25) is 0 Å². The number of amides is 2. The molecule has 1 rings (SSSR count). The summed E-state index contributed by atoms with van der Waals surface area (Å²) in [6.07, 6.45) is 0. The largest absolute Gasteiger partial charge is 0.341 e. The van der Waals surface area contributed by atoms with Crippen LogP contribution in [0.15, 0.2) is 0 Å². The van der Waals surface area contributed by atoms with Crippen molar-refractivity contribution in [3.05, 3.63) is 0 Å². The molecule has 0 aromatic carbocycles. The number of carbonyl (C=O) groups excluding carboxylic acids is 2. The lowest BCUT2D eigenvalue weighted by Crippen LogP contribution is -2.50. The first-order valence-corrected chi connectivity index (χ1v) is 4.34. The third-order valence-electron chi connectivity index (χ3n) is 1.99. The van der Waals surface area contributed by atoms with Gasteiger partial charge in [0.15, 0.2) is 0 Å². The molecule has 0 aliphatic carbocycles. The van der Waals surface area contributed by atoms with Crippen molar-refractivity contribution in [3.63, 3.8) is 0 Å². The molecule has 0 spiro atoms. The Morgan fingerprint density at radius 3 is 2.23 bits per heavy atom. The highest BCUT2D eigenvalue weighted by atomic mass is 16.2. The number of hydrogen-bond acceptors (Lipinski definition) is 3. The molecule has 1 fully saturated rings. The minimum atomic E-state index is -0.443. The molecule has 0 aromatic heterocycles. The van der Waals surface area contributed by atoms with E-state index in [0.717, 1.165) is 13.1 Å². The minimum Gasteiger partial charge on any atom is -0.341 e. The molecular weight excluding hydrogens is 170 g/mol. The van der Waals surface area contributed by atoms with Crippen molar-refractivity contribution in [3.8, 4) is 0 Å². The van der Waals surface area contributed by atoms with Gasteiger partial charge in [-0.1, -0.05) is 0 Å². The van der Waals surface area contributed by atoms with Crippen molar-refractivity contribution in [2.75, 3.05) is 40.3 Å². The number of hydrogen-bond donors (Lipinski definition) is 1. The molecule has 0 radical (unpaired) electrons. The summed E-state index contributed by atoms with van der Waals surface area (Å²) in [4.78, 5) is 25.6. The minimum absolute atomic E-state index is 0.397. The number of nitrogens with one attached hydrogen (secondary N) is 1. The average molecular weight is 185 g/mol. The Morgan fingerprint density at radius 1 is 1.23 bits per heavy atom. The van der Waals surface area contributed by atoms with E-state index < -0.39 is 11.8 Å². The van der Waals surface area contributed by atoms with E-state index in [2.05, 4.69) is 5.32 Å². The molecule has 0 aromatic rings. The maximum atomic E-state index is 11.4. The topological polar surface area (TPSA) is 52.7 Å². The van der Waals surface area contributed by atoms with Crippen molar-refractivity contribution < 1.29 is 9.59 Å². The summed E-state index contributed by atoms with van der Waals surface area (Å²) >= 11 is 0. The van der Waals surface area contributed by atoms with E-state index in [1.54, 1.807) is 19.0 Å². The van der Waals surface area contributed by atoms with E-state index in [4.69, 9.17) is 0 Å². The maximum absolute atomic E-state index is 11.4. The molecule has 0 unspecified atom stereocenters. The molecule has 1 aliphatic heterocycles. The van der Waals surface area contributed by atoms with E-state index in [9.17, 15) is 9.59 Å². The molecule has 74 valence electrons. The number of nitrogens with zero attached hydrogens (tertiary/aromatic N) is 2. The molecule has 1 saturated heterocycles. The summed E-state index contributed by atoms with van der Waals surface area (Å²) in [6.45, 7) is 2.79. The van der Waals surface area contributed by atoms with E-state index in [-0.39, 0.29) is 0 Å². The van der Waals surface area contributed by atoms with Crippen LogP contribution >= 0.6 is 0 Å². The standard InChI is InChI=1S/C8H15N3O2/c1-10(2)7(12)8(13)11-5-3-9-4-6-11/h9H,3-6H2,1-2H3. The smallest absolute Gasteiger partial charge is 0.312 e. The van der Waals surface area contributed by atoms with Crippen LogP contribution in [-0.4, -0.2) is 61.9 Å². The second-order valence-corrected chi connectivity index (χ2v) is 3.24. The second kappa shape index (κ2) is 4.23. The fraction of sp³-hybridized carbons (Fsp3) is 0.750. The molecule has 0 bridgehead atoms. The van der Waals surface area contributed by atoms with Gasteiger partial charge in [0, 0.05) is 40.3 Å². The van der Waals surface area contributed by atoms with Crippen LogP contribution in [-0.2, 0) is 9.59 Å². The lowest BCUT2D eigenvalue weighted by molar-refractivity contribution is -0.150. The fourth-order valence-electron chi connectivity index (χ4n) is 1.19. The monoisotopic (exact) mass is 185 g/mol. The van der Waals surface area contributed by atoms with Crippen LogP contribution in [0.5, 0.6) is 0 Å². The van der Waals surface area contributed by atoms with Gasteiger partial charge in [0.05, 0.1) is 0 Å². The zero-order valence-electron chi connectivity index (χ0n) is 8.04. The van der Waals surface area contributed by atoms with Crippen LogP contribution in [0.4, 0.5) is 0 Å². The van der Waals surface area contributed by atoms with Crippen LogP contribution in [0.1, 0.15) is 0 Å². The Morgan fingerprint density at radius 2 is 1.77 bits per heavy atom. The van der Waals surface area contributed by atoms with Gasteiger partial charge < -0.3 is 15.1 Å². The third-order valence-corrected chi connectivity index (χ3v) is 1.99. The maximum Gasteiger partial charge on any atom is 0.312 e. The normalized spacial score (nSPS) is 16.9. The molecular formula is C8H15N3O2. The van der Waals surface area contributed by atoms with E-state index in [0.29, 0.717) is 13.1 Å². The Labute approximate surface area is 77.7 Å². The zero-order chi connectivity index (χ0) is 9.84. The molecule has 0 atom stereocenters. The van der Waals surface area contributed by atoms with Crippen LogP contribution in [0.2, 0.25) is 0 Å². The molecule has 2 amide bonds. The molecule has 1 N–H and O–H groups in total. The molecule has 5 heteroatoms. The highest BCUT2D eigenvalue weighted by Gasteiger charge is 2.23. The van der Waals surface area contributed by atoms with Gasteiger partial charge in [-0.2, -0.15) is 0 Å². The summed E-state index contributed by atoms with van der Waals surface area (Å²) in [6, 6.07) is 0. The number of carbonyl (C=O) groups is 2.